The van der Waals surface area contributed by atoms with Crippen LogP contribution in [0.5, 0.6) is 11.5 Å². The van der Waals surface area contributed by atoms with Gasteiger partial charge in [-0.1, -0.05) is 24.3 Å². The first-order valence-corrected chi connectivity index (χ1v) is 14.9. The number of nitrogens with zero attached hydrogens (tertiary/aromatic N) is 3. The van der Waals surface area contributed by atoms with Crippen molar-refractivity contribution in [1.29, 1.82) is 0 Å². The lowest BCUT2D eigenvalue weighted by molar-refractivity contribution is -0.121. The van der Waals surface area contributed by atoms with E-state index in [-0.39, 0.29) is 41.7 Å². The lowest BCUT2D eigenvalue weighted by Gasteiger charge is -2.23. The molecule has 3 heterocycles. The Kier molecular flexibility index (Phi) is 9.31. The molecule has 5 rings (SSSR count). The molecule has 3 amide bonds. The van der Waals surface area contributed by atoms with Crippen molar-refractivity contribution < 1.29 is 19.1 Å². The first kappa shape index (κ1) is 31.7. The largest absolute Gasteiger partial charge is 0.456 e. The van der Waals surface area contributed by atoms with Gasteiger partial charge in [0.05, 0.1) is 12.2 Å². The third-order valence-electron chi connectivity index (χ3n) is 7.67. The van der Waals surface area contributed by atoms with Crippen molar-refractivity contribution in [2.45, 2.75) is 27.3 Å². The summed E-state index contributed by atoms with van der Waals surface area (Å²) in [7, 11) is 3.15. The van der Waals surface area contributed by atoms with E-state index in [0.29, 0.717) is 45.8 Å². The summed E-state index contributed by atoms with van der Waals surface area (Å²) >= 11 is 0. The van der Waals surface area contributed by atoms with Gasteiger partial charge in [-0.2, -0.15) is 0 Å². The molecule has 0 fully saturated rings. The number of nitrogens with one attached hydrogen (secondary N) is 3. The van der Waals surface area contributed by atoms with Gasteiger partial charge in [-0.25, -0.2) is 0 Å². The molecule has 3 aromatic heterocycles. The predicted molar refractivity (Wildman–Crippen MR) is 176 cm³/mol. The summed E-state index contributed by atoms with van der Waals surface area (Å²) in [5.41, 5.74) is 4.17. The van der Waals surface area contributed by atoms with Crippen molar-refractivity contribution in [3.8, 4) is 22.6 Å². The van der Waals surface area contributed by atoms with E-state index in [1.54, 1.807) is 55.8 Å². The second kappa shape index (κ2) is 13.5. The summed E-state index contributed by atoms with van der Waals surface area (Å²) in [6, 6.07) is 17.9. The topological polar surface area (TPSA) is 138 Å². The summed E-state index contributed by atoms with van der Waals surface area (Å²) < 4.78 is 8.03. The van der Waals surface area contributed by atoms with Crippen molar-refractivity contribution in [2.75, 3.05) is 20.1 Å². The summed E-state index contributed by atoms with van der Waals surface area (Å²) in [6.07, 6.45) is 3.32. The van der Waals surface area contributed by atoms with Crippen LogP contribution in [0.1, 0.15) is 44.6 Å². The van der Waals surface area contributed by atoms with Gasteiger partial charge < -0.3 is 29.8 Å². The van der Waals surface area contributed by atoms with Crippen LogP contribution < -0.4 is 20.9 Å². The third-order valence-corrected chi connectivity index (χ3v) is 7.67. The van der Waals surface area contributed by atoms with Crippen LogP contribution in [-0.4, -0.2) is 57.3 Å². The van der Waals surface area contributed by atoms with E-state index in [2.05, 4.69) is 20.6 Å². The number of carbonyl (C=O) groups is 3. The molecule has 0 unspecified atom stereocenters. The molecule has 0 atom stereocenters. The fourth-order valence-electron chi connectivity index (χ4n) is 5.28. The zero-order chi connectivity index (χ0) is 33.0. The SMILES string of the molecule is CCNC(=O)c1cc2c(-c3ccc(C(=O)N(CC(=O)NC)Cc4ccccn4)cc3Oc3c(C)cccc3C)cn(C)c(=O)c2[nH]1. The Bertz CT molecular complexity index is 1980. The Labute approximate surface area is 266 Å². The lowest BCUT2D eigenvalue weighted by atomic mass is 10.00. The molecule has 0 radical (unpaired) electrons. The fraction of sp³-hybridized carbons (Fsp3) is 0.229. The number of ether oxygens (including phenoxy) is 1. The van der Waals surface area contributed by atoms with Gasteiger partial charge in [0.15, 0.2) is 0 Å². The number of fused-ring (bicyclic) bond motifs is 1. The van der Waals surface area contributed by atoms with Crippen LogP contribution in [0.25, 0.3) is 22.0 Å². The van der Waals surface area contributed by atoms with Crippen LogP contribution >= 0.6 is 0 Å². The van der Waals surface area contributed by atoms with Gasteiger partial charge in [0.1, 0.15) is 29.3 Å². The number of pyridine rings is 2. The molecule has 0 saturated heterocycles. The van der Waals surface area contributed by atoms with Crippen molar-refractivity contribution in [2.24, 2.45) is 7.05 Å². The Morgan fingerprint density at radius 3 is 2.43 bits per heavy atom. The average Bonchev–Trinajstić information content (AvgIpc) is 3.51. The van der Waals surface area contributed by atoms with Gasteiger partial charge in [-0.05, 0) is 68.3 Å². The smallest absolute Gasteiger partial charge is 0.274 e. The summed E-state index contributed by atoms with van der Waals surface area (Å²) in [4.78, 5) is 61.0. The molecule has 3 N–H and O–H groups in total. The quantitative estimate of drug-likeness (QED) is 0.211. The van der Waals surface area contributed by atoms with Gasteiger partial charge in [0.2, 0.25) is 5.91 Å². The highest BCUT2D eigenvalue weighted by molar-refractivity contribution is 6.04. The first-order chi connectivity index (χ1) is 22.1. The summed E-state index contributed by atoms with van der Waals surface area (Å²) in [6.45, 7) is 6.06. The van der Waals surface area contributed by atoms with E-state index in [1.165, 1.54) is 16.5 Å². The van der Waals surface area contributed by atoms with Gasteiger partial charge in [-0.3, -0.25) is 24.2 Å². The molecule has 11 heteroatoms. The Balaban J connectivity index is 1.67. The zero-order valence-corrected chi connectivity index (χ0v) is 26.4. The van der Waals surface area contributed by atoms with E-state index >= 15 is 0 Å². The van der Waals surface area contributed by atoms with Crippen LogP contribution in [0, 0.1) is 13.8 Å². The number of likely N-dealkylation sites (N-methyl/N-ethyl adjacent to an activating group) is 1. The van der Waals surface area contributed by atoms with Crippen molar-refractivity contribution in [3.05, 3.63) is 111 Å². The van der Waals surface area contributed by atoms with Crippen LogP contribution in [0.4, 0.5) is 0 Å². The number of aromatic amines is 1. The molecule has 0 bridgehead atoms. The van der Waals surface area contributed by atoms with Crippen molar-refractivity contribution in [3.63, 3.8) is 0 Å². The highest BCUT2D eigenvalue weighted by Gasteiger charge is 2.24. The zero-order valence-electron chi connectivity index (χ0n) is 26.4. The molecule has 236 valence electrons. The van der Waals surface area contributed by atoms with E-state index in [9.17, 15) is 19.2 Å². The molecule has 0 aliphatic heterocycles. The van der Waals surface area contributed by atoms with Crippen LogP contribution in [0.15, 0.2) is 77.9 Å². The van der Waals surface area contributed by atoms with Crippen molar-refractivity contribution in [1.82, 2.24) is 30.1 Å². The number of amides is 3. The lowest BCUT2D eigenvalue weighted by Crippen LogP contribution is -2.39. The number of rotatable bonds is 10. The molecule has 0 aliphatic carbocycles. The number of hydrogen-bond donors (Lipinski definition) is 3. The molecule has 5 aromatic rings. The van der Waals surface area contributed by atoms with Crippen LogP contribution in [0.3, 0.4) is 0 Å². The first-order valence-electron chi connectivity index (χ1n) is 14.9. The number of H-pyrrole nitrogens is 1. The number of aryl methyl sites for hydroxylation is 3. The average molecular weight is 621 g/mol. The molecule has 0 saturated carbocycles. The third kappa shape index (κ3) is 6.53. The maximum Gasteiger partial charge on any atom is 0.274 e. The maximum atomic E-state index is 14.0. The highest BCUT2D eigenvalue weighted by atomic mass is 16.5. The van der Waals surface area contributed by atoms with Crippen LogP contribution in [0.2, 0.25) is 0 Å². The number of aromatic nitrogens is 3. The van der Waals surface area contributed by atoms with E-state index < -0.39 is 5.91 Å². The monoisotopic (exact) mass is 620 g/mol. The van der Waals surface area contributed by atoms with Gasteiger partial charge in [-0.15, -0.1) is 0 Å². The predicted octanol–water partition coefficient (Wildman–Crippen LogP) is 4.48. The minimum absolute atomic E-state index is 0.120. The molecule has 0 spiro atoms. The Morgan fingerprint density at radius 1 is 1.00 bits per heavy atom. The standard InChI is InChI=1S/C35H36N6O5/c1-6-37-33(43)28-17-26-27(19-40(5)35(45)31(26)39-28)25-14-13-23(16-29(25)46-32-21(2)10-9-11-22(32)3)34(44)41(20-30(42)36-4)18-24-12-7-8-15-38-24/h7-17,19,39H,6,18,20H2,1-5H3,(H,36,42)(H,37,43). The van der Waals surface area contributed by atoms with Gasteiger partial charge >= 0.3 is 0 Å². The number of carbonyl (C=O) groups excluding carboxylic acids is 3. The molecule has 0 aliphatic rings. The number of para-hydroxylation sites is 1. The number of benzene rings is 2. The highest BCUT2D eigenvalue weighted by Crippen LogP contribution is 2.39. The fourth-order valence-corrected chi connectivity index (χ4v) is 5.28. The van der Waals surface area contributed by atoms with E-state index in [0.717, 1.165) is 11.1 Å². The Hall–Kier alpha value is -5.71. The van der Waals surface area contributed by atoms with Crippen LogP contribution in [-0.2, 0) is 18.4 Å². The second-order valence-corrected chi connectivity index (χ2v) is 11.0. The second-order valence-electron chi connectivity index (χ2n) is 11.0. The normalized spacial score (nSPS) is 10.9. The molecule has 46 heavy (non-hydrogen) atoms. The Morgan fingerprint density at radius 2 is 1.76 bits per heavy atom. The summed E-state index contributed by atoms with van der Waals surface area (Å²) in [5, 5.41) is 5.87. The van der Waals surface area contributed by atoms with Crippen molar-refractivity contribution >= 4 is 28.6 Å². The number of hydrogen-bond acceptors (Lipinski definition) is 6. The van der Waals surface area contributed by atoms with E-state index in [1.807, 2.05) is 45.0 Å². The molecular weight excluding hydrogens is 584 g/mol. The van der Waals surface area contributed by atoms with Gasteiger partial charge in [0.25, 0.3) is 17.4 Å². The molecular formula is C35H36N6O5. The molecule has 2 aromatic carbocycles. The minimum atomic E-state index is -0.391. The van der Waals surface area contributed by atoms with Gasteiger partial charge in [0, 0.05) is 55.1 Å². The molecule has 11 nitrogen and oxygen atoms in total. The summed E-state index contributed by atoms with van der Waals surface area (Å²) in [5.74, 6) is -0.0542. The maximum absolute atomic E-state index is 14.0. The minimum Gasteiger partial charge on any atom is -0.456 e. The van der Waals surface area contributed by atoms with E-state index in [4.69, 9.17) is 4.74 Å².